The van der Waals surface area contributed by atoms with Gasteiger partial charge in [0.15, 0.2) is 0 Å². The van der Waals surface area contributed by atoms with Gasteiger partial charge >= 0.3 is 0 Å². The van der Waals surface area contributed by atoms with Crippen LogP contribution in [-0.4, -0.2) is 106 Å². The van der Waals surface area contributed by atoms with E-state index in [0.717, 1.165) is 66.8 Å². The lowest BCUT2D eigenvalue weighted by atomic mass is 9.89. The van der Waals surface area contributed by atoms with Crippen LogP contribution in [0.4, 0.5) is 5.69 Å². The zero-order valence-corrected chi connectivity index (χ0v) is 29.7. The summed E-state index contributed by atoms with van der Waals surface area (Å²) >= 11 is 6.87. The number of halogens is 1. The Morgan fingerprint density at radius 2 is 1.75 bits per heavy atom. The molecule has 2 aromatic heterocycles. The number of methoxy groups -OCH3 is 1. The molecule has 3 N–H and O–H groups in total. The molecule has 1 atom stereocenters. The molecule has 7 rings (SSSR count). The number of H-pyrrole nitrogens is 1. The number of aryl methyl sites for hydroxylation is 1. The Morgan fingerprint density at radius 3 is 2.45 bits per heavy atom. The molecular weight excluding hydrogens is 672 g/mol. The van der Waals surface area contributed by atoms with Crippen LogP contribution in [0.2, 0.25) is 5.02 Å². The predicted molar refractivity (Wildman–Crippen MR) is 195 cm³/mol. The highest BCUT2D eigenvalue weighted by molar-refractivity contribution is 6.32. The maximum Gasteiger partial charge on any atom is 0.276 e. The largest absolute Gasteiger partial charge is 0.496 e. The van der Waals surface area contributed by atoms with Crippen molar-refractivity contribution in [3.63, 3.8) is 0 Å². The van der Waals surface area contributed by atoms with Gasteiger partial charge in [0.05, 0.1) is 19.9 Å². The number of hydrogen-bond donors (Lipinski definition) is 3. The molecule has 1 unspecified atom stereocenters. The molecule has 0 saturated carbocycles. The van der Waals surface area contributed by atoms with Gasteiger partial charge < -0.3 is 19.5 Å². The van der Waals surface area contributed by atoms with Gasteiger partial charge in [-0.1, -0.05) is 23.7 Å². The van der Waals surface area contributed by atoms with E-state index in [4.69, 9.17) is 16.3 Å². The molecule has 3 fully saturated rings. The molecule has 0 spiro atoms. The number of carbonyl (C=O) groups is 3. The number of rotatable bonds is 9. The van der Waals surface area contributed by atoms with E-state index in [2.05, 4.69) is 42.8 Å². The van der Waals surface area contributed by atoms with Crippen LogP contribution < -0.4 is 20.9 Å². The van der Waals surface area contributed by atoms with E-state index in [0.29, 0.717) is 61.2 Å². The number of nitrogens with one attached hydrogen (secondary N) is 3. The number of amides is 3. The zero-order chi connectivity index (χ0) is 35.6. The van der Waals surface area contributed by atoms with Crippen LogP contribution in [0.15, 0.2) is 53.6 Å². The molecule has 2 aromatic carbocycles. The standard InChI is InChI=1S/C37H43ClN8O5/c1-43-20-28(27-19-39-42-35(27)37(43)50)25-17-30(38)29(32(18-25)51-2)21-45-13-15-46(16-14-45)34(48)22-44-11-9-24(10-12-44)23-3-5-26(6-4-23)40-31-7-8-33(47)41-36(31)49/h3-6,17-20,24,31,40H,7-16,21-22H2,1-2H3,(H,39,42)(H,41,47,49). The Hall–Kier alpha value is -4.72. The Kier molecular flexibility index (Phi) is 10.1. The third kappa shape index (κ3) is 7.51. The van der Waals surface area contributed by atoms with Crippen LogP contribution in [-0.2, 0) is 28.0 Å². The second-order valence-electron chi connectivity index (χ2n) is 13.7. The summed E-state index contributed by atoms with van der Waals surface area (Å²) in [5, 5.41) is 13.8. The van der Waals surface area contributed by atoms with E-state index in [-0.39, 0.29) is 23.3 Å². The summed E-state index contributed by atoms with van der Waals surface area (Å²) in [7, 11) is 3.34. The van der Waals surface area contributed by atoms with Gasteiger partial charge in [0, 0.05) is 79.6 Å². The molecule has 13 nitrogen and oxygen atoms in total. The van der Waals surface area contributed by atoms with Crippen molar-refractivity contribution in [1.82, 2.24) is 34.8 Å². The quantitative estimate of drug-likeness (QED) is 0.223. The van der Waals surface area contributed by atoms with Gasteiger partial charge in [-0.05, 0) is 73.7 Å². The number of hydrogen-bond acceptors (Lipinski definition) is 9. The van der Waals surface area contributed by atoms with Crippen molar-refractivity contribution in [3.8, 4) is 16.9 Å². The molecule has 3 aliphatic rings. The number of ether oxygens (including phenoxy) is 1. The fraction of sp³-hybridized carbons (Fsp3) is 0.432. The number of anilines is 1. The maximum absolute atomic E-state index is 13.3. The number of nitrogens with zero attached hydrogens (tertiary/aromatic N) is 5. The van der Waals surface area contributed by atoms with Crippen molar-refractivity contribution in [2.75, 3.05) is 58.2 Å². The highest BCUT2D eigenvalue weighted by atomic mass is 35.5. The normalized spacial score (nSPS) is 19.4. The van der Waals surface area contributed by atoms with E-state index >= 15 is 0 Å². The molecule has 268 valence electrons. The van der Waals surface area contributed by atoms with Crippen LogP contribution >= 0.6 is 11.6 Å². The maximum atomic E-state index is 13.3. The average Bonchev–Trinajstić information content (AvgIpc) is 3.63. The molecule has 0 bridgehead atoms. The van der Waals surface area contributed by atoms with Gasteiger partial charge in [0.25, 0.3) is 5.56 Å². The average molecular weight is 715 g/mol. The van der Waals surface area contributed by atoms with Crippen molar-refractivity contribution in [1.29, 1.82) is 0 Å². The minimum absolute atomic E-state index is 0.148. The molecule has 3 amide bonds. The molecule has 14 heteroatoms. The molecule has 0 aliphatic carbocycles. The van der Waals surface area contributed by atoms with Crippen molar-refractivity contribution in [3.05, 3.63) is 75.3 Å². The van der Waals surface area contributed by atoms with Crippen LogP contribution in [0.3, 0.4) is 0 Å². The number of aromatic nitrogens is 3. The number of piperidine rings is 2. The second kappa shape index (κ2) is 14.9. The van der Waals surface area contributed by atoms with E-state index in [1.807, 2.05) is 29.2 Å². The first-order valence-corrected chi connectivity index (χ1v) is 17.9. The van der Waals surface area contributed by atoms with Crippen LogP contribution in [0, 0.1) is 0 Å². The number of likely N-dealkylation sites (tertiary alicyclic amines) is 1. The number of benzene rings is 2. The predicted octanol–water partition coefficient (Wildman–Crippen LogP) is 3.33. The van der Waals surface area contributed by atoms with E-state index in [9.17, 15) is 19.2 Å². The third-order valence-corrected chi connectivity index (χ3v) is 10.8. The lowest BCUT2D eigenvalue weighted by Gasteiger charge is -2.37. The topological polar surface area (TPSA) is 145 Å². The minimum atomic E-state index is -0.396. The van der Waals surface area contributed by atoms with Crippen LogP contribution in [0.25, 0.3) is 22.0 Å². The van der Waals surface area contributed by atoms with Gasteiger partial charge in [-0.3, -0.25) is 39.4 Å². The minimum Gasteiger partial charge on any atom is -0.496 e. The second-order valence-corrected chi connectivity index (χ2v) is 14.1. The SMILES string of the molecule is COc1cc(-c2cn(C)c(=O)c3[nH]ncc23)cc(Cl)c1CN1CCN(C(=O)CN2CCC(c3ccc(NC4CCC(=O)NC4=O)cc3)CC2)CC1. The summed E-state index contributed by atoms with van der Waals surface area (Å²) in [6.07, 6.45) is 6.24. The summed E-state index contributed by atoms with van der Waals surface area (Å²) in [6, 6.07) is 11.7. The summed E-state index contributed by atoms with van der Waals surface area (Å²) in [6.45, 7) is 5.54. The lowest BCUT2D eigenvalue weighted by molar-refractivity contribution is -0.135. The number of pyridine rings is 1. The number of fused-ring (bicyclic) bond motifs is 1. The molecule has 3 saturated heterocycles. The van der Waals surface area contributed by atoms with Crippen molar-refractivity contribution in [2.45, 2.75) is 44.2 Å². The summed E-state index contributed by atoms with van der Waals surface area (Å²) in [5.74, 6) is 0.771. The molecule has 4 aromatic rings. The van der Waals surface area contributed by atoms with Gasteiger partial charge in [0.2, 0.25) is 17.7 Å². The van der Waals surface area contributed by atoms with Crippen molar-refractivity contribution < 1.29 is 19.1 Å². The summed E-state index contributed by atoms with van der Waals surface area (Å²) in [4.78, 5) is 55.9. The van der Waals surface area contributed by atoms with E-state index in [1.165, 1.54) is 10.1 Å². The molecular formula is C37H43ClN8O5. The molecule has 0 radical (unpaired) electrons. The first-order chi connectivity index (χ1) is 24.7. The van der Waals surface area contributed by atoms with Crippen molar-refractivity contribution >= 4 is 45.9 Å². The monoisotopic (exact) mass is 714 g/mol. The Morgan fingerprint density at radius 1 is 1.00 bits per heavy atom. The number of piperazine rings is 1. The fourth-order valence-corrected chi connectivity index (χ4v) is 7.73. The van der Waals surface area contributed by atoms with Crippen LogP contribution in [0.5, 0.6) is 5.75 Å². The van der Waals surface area contributed by atoms with Crippen molar-refractivity contribution in [2.24, 2.45) is 7.05 Å². The first-order valence-electron chi connectivity index (χ1n) is 17.5. The summed E-state index contributed by atoms with van der Waals surface area (Å²) < 4.78 is 7.33. The van der Waals surface area contributed by atoms with Crippen LogP contribution in [0.1, 0.15) is 42.7 Å². The zero-order valence-electron chi connectivity index (χ0n) is 28.9. The number of imide groups is 1. The Labute approximate surface area is 300 Å². The molecule has 51 heavy (non-hydrogen) atoms. The lowest BCUT2D eigenvalue weighted by Crippen LogP contribution is -2.51. The smallest absolute Gasteiger partial charge is 0.276 e. The highest BCUT2D eigenvalue weighted by Crippen LogP contribution is 2.36. The fourth-order valence-electron chi connectivity index (χ4n) is 7.46. The third-order valence-electron chi connectivity index (χ3n) is 10.5. The van der Waals surface area contributed by atoms with E-state index < -0.39 is 6.04 Å². The van der Waals surface area contributed by atoms with Gasteiger partial charge in [-0.25, -0.2) is 0 Å². The van der Waals surface area contributed by atoms with E-state index in [1.54, 1.807) is 26.6 Å². The molecule has 3 aliphatic heterocycles. The Bertz CT molecular complexity index is 1990. The molecule has 5 heterocycles. The van der Waals surface area contributed by atoms with Gasteiger partial charge in [-0.15, -0.1) is 0 Å². The first kappa shape index (κ1) is 34.7. The highest BCUT2D eigenvalue weighted by Gasteiger charge is 2.28. The summed E-state index contributed by atoms with van der Waals surface area (Å²) in [5.41, 5.74) is 4.98. The number of aromatic amines is 1. The Balaban J connectivity index is 0.886. The van der Waals surface area contributed by atoms with Gasteiger partial charge in [-0.2, -0.15) is 5.10 Å². The van der Waals surface area contributed by atoms with Gasteiger partial charge in [0.1, 0.15) is 17.3 Å². The number of carbonyl (C=O) groups excluding carboxylic acids is 3.